The maximum absolute atomic E-state index is 11.4. The highest BCUT2D eigenvalue weighted by molar-refractivity contribution is 6.74. The van der Waals surface area contributed by atoms with E-state index in [4.69, 9.17) is 4.43 Å². The van der Waals surface area contributed by atoms with E-state index in [-0.39, 0.29) is 5.04 Å². The van der Waals surface area contributed by atoms with Gasteiger partial charge in [0, 0.05) is 19.2 Å². The van der Waals surface area contributed by atoms with Crippen molar-refractivity contribution in [1.29, 1.82) is 0 Å². The number of methoxy groups -OCH3 is 1. The van der Waals surface area contributed by atoms with Crippen molar-refractivity contribution in [2.45, 2.75) is 57.8 Å². The van der Waals surface area contributed by atoms with E-state index >= 15 is 0 Å². The average molecular weight is 351 g/mol. The maximum Gasteiger partial charge on any atom is 0.356 e. The van der Waals surface area contributed by atoms with Crippen molar-refractivity contribution in [3.63, 3.8) is 0 Å². The second-order valence-corrected chi connectivity index (χ2v) is 12.7. The molecule has 0 bridgehead atoms. The van der Waals surface area contributed by atoms with Gasteiger partial charge in [0.1, 0.15) is 5.69 Å². The molecule has 0 aromatic carbocycles. The Morgan fingerprint density at radius 2 is 1.88 bits per heavy atom. The zero-order valence-corrected chi connectivity index (χ0v) is 16.8. The predicted octanol–water partition coefficient (Wildman–Crippen LogP) is 3.86. The van der Waals surface area contributed by atoms with Gasteiger partial charge in [-0.3, -0.25) is 0 Å². The molecule has 2 heterocycles. The Labute approximate surface area is 146 Å². The first kappa shape index (κ1) is 18.9. The van der Waals surface area contributed by atoms with Crippen LogP contribution in [0, 0.1) is 0 Å². The van der Waals surface area contributed by atoms with E-state index in [1.165, 1.54) is 7.11 Å². The first-order valence-electron chi connectivity index (χ1n) is 8.61. The summed E-state index contributed by atoms with van der Waals surface area (Å²) in [7, 11) is -0.334. The summed E-state index contributed by atoms with van der Waals surface area (Å²) >= 11 is 0. The number of pyridine rings is 1. The number of ether oxygens (including phenoxy) is 1. The molecule has 0 saturated carbocycles. The highest BCUT2D eigenvalue weighted by Gasteiger charge is 2.39. The van der Waals surface area contributed by atoms with Crippen molar-refractivity contribution in [3.8, 4) is 0 Å². The second kappa shape index (κ2) is 7.23. The zero-order chi connectivity index (χ0) is 18.0. The van der Waals surface area contributed by atoms with Crippen LogP contribution in [0.4, 0.5) is 5.69 Å². The first-order valence-corrected chi connectivity index (χ1v) is 11.5. The fourth-order valence-electron chi connectivity index (χ4n) is 2.62. The number of anilines is 1. The summed E-state index contributed by atoms with van der Waals surface area (Å²) in [6.07, 6.45) is 4.17. The van der Waals surface area contributed by atoms with Crippen LogP contribution in [0.2, 0.25) is 18.1 Å². The second-order valence-electron chi connectivity index (χ2n) is 7.96. The molecule has 24 heavy (non-hydrogen) atoms. The van der Waals surface area contributed by atoms with Crippen LogP contribution in [-0.2, 0) is 9.16 Å². The quantitative estimate of drug-likeness (QED) is 0.610. The van der Waals surface area contributed by atoms with Crippen LogP contribution in [0.5, 0.6) is 0 Å². The largest absolute Gasteiger partial charge is 0.464 e. The molecule has 1 aromatic heterocycles. The lowest BCUT2D eigenvalue weighted by atomic mass is 10.1. The van der Waals surface area contributed by atoms with Crippen molar-refractivity contribution in [2.24, 2.45) is 0 Å². The van der Waals surface area contributed by atoms with Crippen LogP contribution in [0.15, 0.2) is 18.3 Å². The van der Waals surface area contributed by atoms with Gasteiger partial charge in [0.05, 0.1) is 19.0 Å². The van der Waals surface area contributed by atoms with Gasteiger partial charge in [0.25, 0.3) is 0 Å². The molecule has 0 unspecified atom stereocenters. The molecular formula is C18H30N2O3Si. The van der Waals surface area contributed by atoms with E-state index in [2.05, 4.69) is 48.5 Å². The highest BCUT2D eigenvalue weighted by atomic mass is 28.4. The molecule has 0 amide bonds. The van der Waals surface area contributed by atoms with Crippen molar-refractivity contribution < 1.29 is 14.0 Å². The van der Waals surface area contributed by atoms with Crippen molar-refractivity contribution in [1.82, 2.24) is 4.98 Å². The van der Waals surface area contributed by atoms with Gasteiger partial charge in [-0.1, -0.05) is 20.8 Å². The minimum atomic E-state index is -1.70. The van der Waals surface area contributed by atoms with Crippen LogP contribution in [0.25, 0.3) is 0 Å². The molecule has 6 heteroatoms. The summed E-state index contributed by atoms with van der Waals surface area (Å²) in [5.41, 5.74) is 1.39. The molecule has 2 rings (SSSR count). The van der Waals surface area contributed by atoms with Crippen molar-refractivity contribution in [3.05, 3.63) is 24.0 Å². The molecule has 0 spiro atoms. The van der Waals surface area contributed by atoms with Gasteiger partial charge in [0.15, 0.2) is 8.32 Å². The number of hydrogen-bond acceptors (Lipinski definition) is 5. The van der Waals surface area contributed by atoms with Gasteiger partial charge in [-0.2, -0.15) is 0 Å². The Hall–Kier alpha value is -1.40. The monoisotopic (exact) mass is 350 g/mol. The number of hydrogen-bond donors (Lipinski definition) is 0. The third-order valence-corrected chi connectivity index (χ3v) is 9.75. The Balaban J connectivity index is 1.92. The van der Waals surface area contributed by atoms with Gasteiger partial charge in [-0.15, -0.1) is 0 Å². The fraction of sp³-hybridized carbons (Fsp3) is 0.667. The van der Waals surface area contributed by atoms with E-state index < -0.39 is 14.3 Å². The summed E-state index contributed by atoms with van der Waals surface area (Å²) < 4.78 is 11.2. The standard InChI is InChI=1S/C18H30N2O3Si/c1-18(2,3)24(5,6)23-15-9-11-20(12-10-15)14-7-8-16(19-13-14)17(21)22-4/h7-8,13,15H,9-12H2,1-6H3. The molecule has 5 nitrogen and oxygen atoms in total. The average Bonchev–Trinajstić information content (AvgIpc) is 2.53. The third-order valence-electron chi connectivity index (χ3n) is 5.22. The van der Waals surface area contributed by atoms with Gasteiger partial charge in [-0.05, 0) is 43.1 Å². The number of nitrogens with zero attached hydrogens (tertiary/aromatic N) is 2. The van der Waals surface area contributed by atoms with Crippen molar-refractivity contribution in [2.75, 3.05) is 25.1 Å². The smallest absolute Gasteiger partial charge is 0.356 e. The molecule has 1 aromatic rings. The maximum atomic E-state index is 11.4. The fourth-order valence-corrected chi connectivity index (χ4v) is 4.05. The summed E-state index contributed by atoms with van der Waals surface area (Å²) in [4.78, 5) is 17.9. The highest BCUT2D eigenvalue weighted by Crippen LogP contribution is 2.38. The zero-order valence-electron chi connectivity index (χ0n) is 15.8. The topological polar surface area (TPSA) is 51.7 Å². The number of aromatic nitrogens is 1. The Morgan fingerprint density at radius 3 is 2.33 bits per heavy atom. The Bertz CT molecular complexity index is 559. The van der Waals surface area contributed by atoms with Crippen LogP contribution in [0.1, 0.15) is 44.1 Å². The summed E-state index contributed by atoms with van der Waals surface area (Å²) in [6.45, 7) is 13.4. The predicted molar refractivity (Wildman–Crippen MR) is 99.1 cm³/mol. The molecular weight excluding hydrogens is 320 g/mol. The van der Waals surface area contributed by atoms with Gasteiger partial charge in [0.2, 0.25) is 0 Å². The SMILES string of the molecule is COC(=O)c1ccc(N2CCC(O[Si](C)(C)C(C)(C)C)CC2)cn1. The lowest BCUT2D eigenvalue weighted by molar-refractivity contribution is 0.0594. The molecule has 0 N–H and O–H groups in total. The number of carbonyl (C=O) groups excluding carboxylic acids is 1. The summed E-state index contributed by atoms with van der Waals surface area (Å²) in [6, 6.07) is 3.66. The third kappa shape index (κ3) is 4.36. The lowest BCUT2D eigenvalue weighted by Gasteiger charge is -2.42. The molecule has 1 aliphatic heterocycles. The number of carbonyl (C=O) groups is 1. The van der Waals surface area contributed by atoms with Gasteiger partial charge >= 0.3 is 5.97 Å². The molecule has 0 atom stereocenters. The lowest BCUT2D eigenvalue weighted by Crippen LogP contribution is -2.47. The van der Waals surface area contributed by atoms with Crippen LogP contribution < -0.4 is 4.90 Å². The van der Waals surface area contributed by atoms with E-state index in [1.54, 1.807) is 12.3 Å². The minimum Gasteiger partial charge on any atom is -0.464 e. The number of piperidine rings is 1. The minimum absolute atomic E-state index is 0.248. The Kier molecular flexibility index (Phi) is 5.70. The van der Waals surface area contributed by atoms with Crippen LogP contribution >= 0.6 is 0 Å². The molecule has 1 fully saturated rings. The van der Waals surface area contributed by atoms with E-state index in [0.717, 1.165) is 31.6 Å². The Morgan fingerprint density at radius 1 is 1.25 bits per heavy atom. The van der Waals surface area contributed by atoms with Crippen LogP contribution in [-0.4, -0.2) is 45.6 Å². The van der Waals surface area contributed by atoms with E-state index in [1.807, 2.05) is 6.07 Å². The summed E-state index contributed by atoms with van der Waals surface area (Å²) in [5, 5.41) is 0.248. The number of rotatable bonds is 4. The van der Waals surface area contributed by atoms with Gasteiger partial charge in [-0.25, -0.2) is 9.78 Å². The van der Waals surface area contributed by atoms with Gasteiger partial charge < -0.3 is 14.1 Å². The van der Waals surface area contributed by atoms with E-state index in [0.29, 0.717) is 11.8 Å². The molecule has 1 aliphatic rings. The molecule has 134 valence electrons. The summed E-state index contributed by atoms with van der Waals surface area (Å²) in [5.74, 6) is -0.400. The van der Waals surface area contributed by atoms with E-state index in [9.17, 15) is 4.79 Å². The van der Waals surface area contributed by atoms with Crippen molar-refractivity contribution >= 4 is 20.0 Å². The normalized spacial score (nSPS) is 17.0. The molecule has 1 saturated heterocycles. The van der Waals surface area contributed by atoms with Crippen LogP contribution in [0.3, 0.4) is 0 Å². The first-order chi connectivity index (χ1) is 11.1. The molecule has 0 aliphatic carbocycles. The number of esters is 1. The molecule has 0 radical (unpaired) electrons.